The smallest absolute Gasteiger partial charge is 0.441 e. The van der Waals surface area contributed by atoms with Crippen LogP contribution in [0.4, 0.5) is 10.6 Å². The summed E-state index contributed by atoms with van der Waals surface area (Å²) in [5.74, 6) is 0.199. The molecule has 0 aliphatic heterocycles. The Balaban J connectivity index is 1.83. The lowest BCUT2D eigenvalue weighted by Gasteiger charge is -2.28. The highest BCUT2D eigenvalue weighted by Gasteiger charge is 2.31. The maximum Gasteiger partial charge on any atom is 0.441 e. The van der Waals surface area contributed by atoms with Crippen molar-refractivity contribution < 1.29 is 32.0 Å². The van der Waals surface area contributed by atoms with Crippen LogP contribution in [0.2, 0.25) is 0 Å². The third kappa shape index (κ3) is 8.59. The molecule has 2 aromatic carbocycles. The van der Waals surface area contributed by atoms with Crippen LogP contribution in [-0.4, -0.2) is 60.7 Å². The Bertz CT molecular complexity index is 1760. The summed E-state index contributed by atoms with van der Waals surface area (Å²) in [4.78, 5) is 28.9. The average molecular weight is 649 g/mol. The van der Waals surface area contributed by atoms with Crippen molar-refractivity contribution in [2.75, 3.05) is 11.9 Å². The summed E-state index contributed by atoms with van der Waals surface area (Å²) in [5, 5.41) is 4.59. The Kier molecular flexibility index (Phi) is 10.4. The van der Waals surface area contributed by atoms with Crippen molar-refractivity contribution in [2.45, 2.75) is 83.1 Å². The minimum absolute atomic E-state index is 0.0152. The van der Waals surface area contributed by atoms with Gasteiger partial charge in [0.15, 0.2) is 33.9 Å². The van der Waals surface area contributed by atoms with Crippen molar-refractivity contribution in [3.8, 4) is 34.0 Å². The molecule has 0 atom stereocenters. The number of hydrogen-bond donors (Lipinski definition) is 0. The molecule has 13 heteroatoms. The second kappa shape index (κ2) is 13.7. The minimum atomic E-state index is -3.46. The van der Waals surface area contributed by atoms with Gasteiger partial charge in [-0.2, -0.15) is 0 Å². The van der Waals surface area contributed by atoms with E-state index < -0.39 is 32.4 Å². The molecule has 0 saturated carbocycles. The molecule has 0 fully saturated rings. The topological polar surface area (TPSA) is 134 Å². The van der Waals surface area contributed by atoms with E-state index in [1.165, 1.54) is 23.9 Å². The number of benzene rings is 2. The molecule has 0 unspecified atom stereocenters. The van der Waals surface area contributed by atoms with E-state index in [-0.39, 0.29) is 29.0 Å². The number of carbonyl (C=O) groups is 1. The van der Waals surface area contributed by atoms with E-state index in [1.54, 1.807) is 52.8 Å². The number of sulfone groups is 1. The molecule has 0 N–H and O–H groups in total. The maximum atomic E-state index is 13.5. The predicted molar refractivity (Wildman–Crippen MR) is 178 cm³/mol. The van der Waals surface area contributed by atoms with Crippen LogP contribution in [-0.2, 0) is 30.5 Å². The second-order valence-electron chi connectivity index (χ2n) is 13.0. The number of rotatable bonds is 10. The average Bonchev–Trinajstić information content (AvgIpc) is 3.48. The Morgan fingerprint density at radius 1 is 0.935 bits per heavy atom. The molecule has 4 rings (SSSR count). The number of carbonyl (C=O) groups excluding carboxylic acids is 1. The third-order valence-corrected chi connectivity index (χ3v) is 8.85. The second-order valence-corrected chi connectivity index (χ2v) is 15.5. The molecule has 0 aliphatic rings. The van der Waals surface area contributed by atoms with E-state index in [2.05, 4.69) is 18.0 Å². The van der Waals surface area contributed by atoms with Crippen molar-refractivity contribution in [3.63, 3.8) is 0 Å². The van der Waals surface area contributed by atoms with Gasteiger partial charge in [0, 0.05) is 17.2 Å². The molecule has 4 aromatic rings. The number of hydrogen-bond acceptors (Lipinski definition) is 10. The molecule has 11 nitrogen and oxygen atoms in total. The Hall–Kier alpha value is -4.07. The van der Waals surface area contributed by atoms with Crippen molar-refractivity contribution in [2.24, 2.45) is 0 Å². The third-order valence-electron chi connectivity index (χ3n) is 6.68. The number of anilines is 1. The Morgan fingerprint density at radius 3 is 2.11 bits per heavy atom. The zero-order valence-electron chi connectivity index (χ0n) is 27.8. The number of hydroxylamine groups is 1. The van der Waals surface area contributed by atoms with E-state index in [0.29, 0.717) is 17.0 Å². The molecule has 1 amide bonds. The summed E-state index contributed by atoms with van der Waals surface area (Å²) < 4.78 is 42.5. The highest BCUT2D eigenvalue weighted by molar-refractivity contribution is 7.92. The fraction of sp³-hybridized carbons (Fsp3) is 0.394. The van der Waals surface area contributed by atoms with Crippen molar-refractivity contribution in [1.82, 2.24) is 15.1 Å². The van der Waals surface area contributed by atoms with Gasteiger partial charge in [0.1, 0.15) is 19.1 Å². The summed E-state index contributed by atoms with van der Waals surface area (Å²) >= 11 is 0. The summed E-state index contributed by atoms with van der Waals surface area (Å²) in [6.45, 7) is 13.8. The molecular weight excluding hydrogens is 607 g/mol. The minimum Gasteiger partial charge on any atom is -0.442 e. The number of amides is 1. The van der Waals surface area contributed by atoms with E-state index in [9.17, 15) is 13.2 Å². The predicted octanol–water partition coefficient (Wildman–Crippen LogP) is 6.23. The zero-order valence-corrected chi connectivity index (χ0v) is 28.6. The first-order chi connectivity index (χ1) is 21.5. The van der Waals surface area contributed by atoms with Gasteiger partial charge in [0.2, 0.25) is 0 Å². The van der Waals surface area contributed by atoms with Gasteiger partial charge in [0.25, 0.3) is 0 Å². The van der Waals surface area contributed by atoms with E-state index in [0.717, 1.165) is 16.9 Å². The van der Waals surface area contributed by atoms with Gasteiger partial charge < -0.3 is 14.0 Å². The van der Waals surface area contributed by atoms with Crippen LogP contribution < -0.4 is 5.06 Å². The van der Waals surface area contributed by atoms with Gasteiger partial charge in [-0.05, 0) is 67.5 Å². The number of aromatic nitrogens is 3. The fourth-order valence-electron chi connectivity index (χ4n) is 4.12. The van der Waals surface area contributed by atoms with Crippen molar-refractivity contribution in [1.29, 1.82) is 0 Å². The molecule has 2 aromatic heterocycles. The molecule has 46 heavy (non-hydrogen) atoms. The molecule has 0 bridgehead atoms. The van der Waals surface area contributed by atoms with Crippen LogP contribution in [0.25, 0.3) is 34.0 Å². The van der Waals surface area contributed by atoms with E-state index >= 15 is 0 Å². The normalized spacial score (nSPS) is 12.4. The molecular formula is C33H41BN4O7S. The lowest BCUT2D eigenvalue weighted by molar-refractivity contribution is -0.126. The summed E-state index contributed by atoms with van der Waals surface area (Å²) in [7, 11) is -1.38. The van der Waals surface area contributed by atoms with Gasteiger partial charge >= 0.3 is 6.09 Å². The van der Waals surface area contributed by atoms with Crippen LogP contribution in [0.3, 0.4) is 0 Å². The largest absolute Gasteiger partial charge is 0.442 e. The van der Waals surface area contributed by atoms with Gasteiger partial charge in [-0.3, -0.25) is 0 Å². The monoisotopic (exact) mass is 648 g/mol. The van der Waals surface area contributed by atoms with Crippen LogP contribution in [0.1, 0.15) is 61.0 Å². The summed E-state index contributed by atoms with van der Waals surface area (Å²) in [6, 6.07) is 16.0. The van der Waals surface area contributed by atoms with Crippen molar-refractivity contribution >= 4 is 29.6 Å². The summed E-state index contributed by atoms with van der Waals surface area (Å²) in [5.41, 5.74) is 2.30. The summed E-state index contributed by atoms with van der Waals surface area (Å²) in [6.07, 6.45) is 1.52. The number of nitrogens with zero attached hydrogens (tertiary/aromatic N) is 4. The van der Waals surface area contributed by atoms with Crippen LogP contribution >= 0.6 is 0 Å². The molecule has 0 spiro atoms. The lowest BCUT2D eigenvalue weighted by atomic mass is 9.96. The number of ether oxygens (including phenoxy) is 2. The first kappa shape index (κ1) is 34.8. The quantitative estimate of drug-likeness (QED) is 0.111. The maximum absolute atomic E-state index is 13.5. The highest BCUT2D eigenvalue weighted by Crippen LogP contribution is 2.34. The molecule has 2 heterocycles. The van der Waals surface area contributed by atoms with Gasteiger partial charge in [0.05, 0.1) is 27.6 Å². The van der Waals surface area contributed by atoms with Gasteiger partial charge in [-0.15, -0.1) is 5.06 Å². The van der Waals surface area contributed by atoms with Crippen LogP contribution in [0.15, 0.2) is 70.2 Å². The molecule has 0 radical (unpaired) electrons. The Morgan fingerprint density at radius 2 is 1.54 bits per heavy atom. The van der Waals surface area contributed by atoms with Gasteiger partial charge in [-0.1, -0.05) is 53.4 Å². The standard InChI is InChI=1S/C33H41BN4O7S/c1-21(2)46(40,41)25-15-13-24(14-16-25)27-19-35-30(38(31(39)44-33(6,7)8)43-20-42-32(3,4)5)29(36-27)28-17-26(37-45-28)23-11-9-22(18-34)10-12-23/h9-17,19,21H,18,20,34H2,1-8H3. The van der Waals surface area contributed by atoms with Crippen LogP contribution in [0, 0.1) is 0 Å². The zero-order chi connectivity index (χ0) is 33.9. The van der Waals surface area contributed by atoms with E-state index in [1.807, 2.05) is 45.0 Å². The van der Waals surface area contributed by atoms with Crippen molar-refractivity contribution in [3.05, 3.63) is 66.4 Å². The fourth-order valence-corrected chi connectivity index (χ4v) is 5.18. The molecule has 0 saturated heterocycles. The first-order valence-corrected chi connectivity index (χ1v) is 16.6. The highest BCUT2D eigenvalue weighted by atomic mass is 32.2. The molecule has 0 aliphatic carbocycles. The lowest BCUT2D eigenvalue weighted by Crippen LogP contribution is -2.39. The molecule has 244 valence electrons. The first-order valence-electron chi connectivity index (χ1n) is 15.1. The van der Waals surface area contributed by atoms with Gasteiger partial charge in [-0.25, -0.2) is 28.0 Å². The Labute approximate surface area is 271 Å². The van der Waals surface area contributed by atoms with E-state index in [4.69, 9.17) is 23.8 Å². The SMILES string of the molecule is BCc1ccc(-c2cc(-c3nc(-c4ccc(S(=O)(=O)C(C)C)cc4)cnc3N(OCOC(C)(C)C)C(=O)OC(C)(C)C)on2)cc1. The van der Waals surface area contributed by atoms with Crippen LogP contribution in [0.5, 0.6) is 0 Å².